The third-order valence-electron chi connectivity index (χ3n) is 2.63. The highest BCUT2D eigenvalue weighted by atomic mass is 16.3. The second-order valence-electron chi connectivity index (χ2n) is 3.95. The highest BCUT2D eigenvalue weighted by Crippen LogP contribution is 2.17. The van der Waals surface area contributed by atoms with E-state index in [-0.39, 0.29) is 0 Å². The number of aliphatic hydroxyl groups excluding tert-OH is 1. The highest BCUT2D eigenvalue weighted by molar-refractivity contribution is 5.17. The fourth-order valence-corrected chi connectivity index (χ4v) is 1.72. The number of aryl methyl sites for hydroxylation is 2. The standard InChI is InChI=1S/C13H16N2O/c1-15-10-9-12(14-15)7-8-13(16)11-5-3-2-4-6-11/h2-6,9-10,13,16H,7-8H2,1H3. The summed E-state index contributed by atoms with van der Waals surface area (Å²) in [7, 11) is 1.90. The molecule has 1 aromatic heterocycles. The Bertz CT molecular complexity index is 436. The lowest BCUT2D eigenvalue weighted by Crippen LogP contribution is -2.00. The number of aromatic nitrogens is 2. The van der Waals surface area contributed by atoms with Crippen molar-refractivity contribution in [3.8, 4) is 0 Å². The van der Waals surface area contributed by atoms with E-state index in [1.54, 1.807) is 4.68 Å². The van der Waals surface area contributed by atoms with E-state index in [2.05, 4.69) is 5.10 Å². The van der Waals surface area contributed by atoms with E-state index in [9.17, 15) is 5.11 Å². The van der Waals surface area contributed by atoms with Gasteiger partial charge in [0.2, 0.25) is 0 Å². The van der Waals surface area contributed by atoms with E-state index in [0.717, 1.165) is 17.7 Å². The quantitative estimate of drug-likeness (QED) is 0.849. The van der Waals surface area contributed by atoms with Crippen molar-refractivity contribution >= 4 is 0 Å². The maximum Gasteiger partial charge on any atom is 0.0793 e. The Hall–Kier alpha value is -1.61. The molecule has 1 heterocycles. The lowest BCUT2D eigenvalue weighted by atomic mass is 10.0. The van der Waals surface area contributed by atoms with Gasteiger partial charge in [0.05, 0.1) is 11.8 Å². The normalized spacial score (nSPS) is 12.6. The van der Waals surface area contributed by atoms with Crippen LogP contribution >= 0.6 is 0 Å². The van der Waals surface area contributed by atoms with Gasteiger partial charge in [-0.25, -0.2) is 0 Å². The second kappa shape index (κ2) is 4.94. The third kappa shape index (κ3) is 2.70. The van der Waals surface area contributed by atoms with Gasteiger partial charge in [0.25, 0.3) is 0 Å². The average molecular weight is 216 g/mol. The van der Waals surface area contributed by atoms with Gasteiger partial charge in [-0.2, -0.15) is 5.10 Å². The summed E-state index contributed by atoms with van der Waals surface area (Å²) in [4.78, 5) is 0. The number of aliphatic hydroxyl groups is 1. The van der Waals surface area contributed by atoms with E-state index < -0.39 is 6.10 Å². The number of rotatable bonds is 4. The van der Waals surface area contributed by atoms with Crippen LogP contribution in [0.15, 0.2) is 42.6 Å². The Morgan fingerprint density at radius 2 is 2.00 bits per heavy atom. The topological polar surface area (TPSA) is 38.0 Å². The van der Waals surface area contributed by atoms with Gasteiger partial charge in [0, 0.05) is 13.2 Å². The summed E-state index contributed by atoms with van der Waals surface area (Å²) in [5.74, 6) is 0. The van der Waals surface area contributed by atoms with Crippen molar-refractivity contribution < 1.29 is 5.11 Å². The van der Waals surface area contributed by atoms with Crippen molar-refractivity contribution in [3.63, 3.8) is 0 Å². The minimum absolute atomic E-state index is 0.400. The van der Waals surface area contributed by atoms with E-state index in [1.165, 1.54) is 0 Å². The van der Waals surface area contributed by atoms with Gasteiger partial charge in [-0.05, 0) is 24.5 Å². The predicted octanol–water partition coefficient (Wildman–Crippen LogP) is 2.09. The van der Waals surface area contributed by atoms with Crippen LogP contribution in [0.5, 0.6) is 0 Å². The number of hydrogen-bond donors (Lipinski definition) is 1. The molecular weight excluding hydrogens is 200 g/mol. The molecule has 3 nitrogen and oxygen atoms in total. The molecule has 0 spiro atoms. The Morgan fingerprint density at radius 3 is 2.62 bits per heavy atom. The van der Waals surface area contributed by atoms with Crippen LogP contribution in [0.2, 0.25) is 0 Å². The van der Waals surface area contributed by atoms with Crippen LogP contribution in [-0.2, 0) is 13.5 Å². The van der Waals surface area contributed by atoms with Crippen molar-refractivity contribution in [1.29, 1.82) is 0 Å². The first-order chi connectivity index (χ1) is 7.75. The summed E-state index contributed by atoms with van der Waals surface area (Å²) in [6.45, 7) is 0. The van der Waals surface area contributed by atoms with Crippen LogP contribution in [0.3, 0.4) is 0 Å². The van der Waals surface area contributed by atoms with Crippen LogP contribution in [0.4, 0.5) is 0 Å². The maximum absolute atomic E-state index is 9.95. The predicted molar refractivity (Wildman–Crippen MR) is 62.9 cm³/mol. The summed E-state index contributed by atoms with van der Waals surface area (Å²) in [6, 6.07) is 11.7. The van der Waals surface area contributed by atoms with Gasteiger partial charge >= 0.3 is 0 Å². The summed E-state index contributed by atoms with van der Waals surface area (Å²) < 4.78 is 1.78. The van der Waals surface area contributed by atoms with Crippen LogP contribution in [0.1, 0.15) is 23.8 Å². The van der Waals surface area contributed by atoms with Crippen molar-refractivity contribution in [2.45, 2.75) is 18.9 Å². The molecule has 0 aliphatic rings. The molecule has 3 heteroatoms. The molecular formula is C13H16N2O. The van der Waals surface area contributed by atoms with Crippen molar-refractivity contribution in [1.82, 2.24) is 9.78 Å². The first kappa shape index (κ1) is 10.9. The second-order valence-corrected chi connectivity index (χ2v) is 3.95. The molecule has 0 radical (unpaired) electrons. The Morgan fingerprint density at radius 1 is 1.25 bits per heavy atom. The molecule has 0 fully saturated rings. The smallest absolute Gasteiger partial charge is 0.0793 e. The number of nitrogens with zero attached hydrogens (tertiary/aromatic N) is 2. The lowest BCUT2D eigenvalue weighted by molar-refractivity contribution is 0.167. The highest BCUT2D eigenvalue weighted by Gasteiger charge is 2.07. The van der Waals surface area contributed by atoms with Crippen LogP contribution in [-0.4, -0.2) is 14.9 Å². The lowest BCUT2D eigenvalue weighted by Gasteiger charge is -2.09. The summed E-state index contributed by atoms with van der Waals surface area (Å²) in [5.41, 5.74) is 2.00. The fraction of sp³-hybridized carbons (Fsp3) is 0.308. The number of benzene rings is 1. The molecule has 0 aliphatic heterocycles. The van der Waals surface area contributed by atoms with Crippen LogP contribution in [0, 0.1) is 0 Å². The molecule has 0 amide bonds. The molecule has 84 valence electrons. The summed E-state index contributed by atoms with van der Waals surface area (Å²) >= 11 is 0. The van der Waals surface area contributed by atoms with Crippen molar-refractivity contribution in [2.75, 3.05) is 0 Å². The maximum atomic E-state index is 9.95. The van der Waals surface area contributed by atoms with Gasteiger partial charge in [-0.3, -0.25) is 4.68 Å². The molecule has 0 aliphatic carbocycles. The minimum atomic E-state index is -0.400. The summed E-state index contributed by atoms with van der Waals surface area (Å²) in [6.07, 6.45) is 3.03. The van der Waals surface area contributed by atoms with Crippen LogP contribution < -0.4 is 0 Å². The molecule has 16 heavy (non-hydrogen) atoms. The molecule has 1 aromatic carbocycles. The molecule has 2 aromatic rings. The van der Waals surface area contributed by atoms with E-state index in [1.807, 2.05) is 49.6 Å². The van der Waals surface area contributed by atoms with Crippen molar-refractivity contribution in [2.24, 2.45) is 7.05 Å². The monoisotopic (exact) mass is 216 g/mol. The average Bonchev–Trinajstić information content (AvgIpc) is 2.73. The molecule has 1 atom stereocenters. The zero-order chi connectivity index (χ0) is 11.4. The molecule has 2 rings (SSSR count). The zero-order valence-electron chi connectivity index (χ0n) is 9.37. The van der Waals surface area contributed by atoms with Gasteiger partial charge in [-0.1, -0.05) is 30.3 Å². The fourth-order valence-electron chi connectivity index (χ4n) is 1.72. The Kier molecular flexibility index (Phi) is 3.37. The van der Waals surface area contributed by atoms with E-state index in [4.69, 9.17) is 0 Å². The summed E-state index contributed by atoms with van der Waals surface area (Å²) in [5, 5.41) is 14.2. The molecule has 0 bridgehead atoms. The van der Waals surface area contributed by atoms with Crippen molar-refractivity contribution in [3.05, 3.63) is 53.9 Å². The Labute approximate surface area is 95.3 Å². The zero-order valence-corrected chi connectivity index (χ0v) is 9.37. The van der Waals surface area contributed by atoms with E-state index >= 15 is 0 Å². The molecule has 0 saturated heterocycles. The first-order valence-corrected chi connectivity index (χ1v) is 5.47. The van der Waals surface area contributed by atoms with Gasteiger partial charge in [0.1, 0.15) is 0 Å². The first-order valence-electron chi connectivity index (χ1n) is 5.47. The Balaban J connectivity index is 1.91. The molecule has 0 saturated carbocycles. The van der Waals surface area contributed by atoms with Gasteiger partial charge in [-0.15, -0.1) is 0 Å². The molecule has 1 unspecified atom stereocenters. The van der Waals surface area contributed by atoms with Gasteiger partial charge < -0.3 is 5.11 Å². The third-order valence-corrected chi connectivity index (χ3v) is 2.63. The van der Waals surface area contributed by atoms with E-state index in [0.29, 0.717) is 6.42 Å². The number of hydrogen-bond acceptors (Lipinski definition) is 2. The van der Waals surface area contributed by atoms with Crippen LogP contribution in [0.25, 0.3) is 0 Å². The SMILES string of the molecule is Cn1ccc(CCC(O)c2ccccc2)n1. The van der Waals surface area contributed by atoms with Gasteiger partial charge in [0.15, 0.2) is 0 Å². The minimum Gasteiger partial charge on any atom is -0.388 e. The largest absolute Gasteiger partial charge is 0.388 e. The molecule has 1 N–H and O–H groups in total.